The molecular formula is C39H31NP2. The predicted molar refractivity (Wildman–Crippen MR) is 187 cm³/mol. The molecule has 0 radical (unpaired) electrons. The number of rotatable bonds is 9. The van der Waals surface area contributed by atoms with Gasteiger partial charge in [0.25, 0.3) is 0 Å². The van der Waals surface area contributed by atoms with Crippen molar-refractivity contribution in [3.8, 4) is 0 Å². The van der Waals surface area contributed by atoms with Crippen molar-refractivity contribution in [1.82, 2.24) is 0 Å². The smallest absolute Gasteiger partial charge is 0.0346 e. The van der Waals surface area contributed by atoms with Crippen molar-refractivity contribution < 1.29 is 0 Å². The van der Waals surface area contributed by atoms with Gasteiger partial charge in [-0.05, 0) is 59.3 Å². The molecule has 42 heavy (non-hydrogen) atoms. The van der Waals surface area contributed by atoms with Gasteiger partial charge in [-0.15, -0.1) is 0 Å². The molecular weight excluding hydrogens is 544 g/mol. The minimum atomic E-state index is -0.710. The molecule has 202 valence electrons. The van der Waals surface area contributed by atoms with Gasteiger partial charge in [0, 0.05) is 18.0 Å². The summed E-state index contributed by atoms with van der Waals surface area (Å²) in [6.45, 7) is 0. The van der Waals surface area contributed by atoms with E-state index in [0.29, 0.717) is 0 Å². The lowest BCUT2D eigenvalue weighted by Crippen LogP contribution is -2.23. The molecule has 0 N–H and O–H groups in total. The average Bonchev–Trinajstić information content (AvgIpc) is 3.07. The molecule has 1 nitrogen and oxygen atoms in total. The molecule has 0 heterocycles. The van der Waals surface area contributed by atoms with Crippen LogP contribution in [0.15, 0.2) is 181 Å². The van der Waals surface area contributed by atoms with Gasteiger partial charge in [-0.3, -0.25) is 4.99 Å². The minimum absolute atomic E-state index is 0.697. The van der Waals surface area contributed by atoms with E-state index in [2.05, 4.69) is 176 Å². The van der Waals surface area contributed by atoms with E-state index in [1.807, 2.05) is 12.4 Å². The van der Waals surface area contributed by atoms with Gasteiger partial charge in [-0.2, -0.15) is 0 Å². The summed E-state index contributed by atoms with van der Waals surface area (Å²) in [6, 6.07) is 60.7. The first-order chi connectivity index (χ1) is 20.9. The Morgan fingerprint density at radius 1 is 0.357 bits per heavy atom. The molecule has 6 aromatic carbocycles. The largest absolute Gasteiger partial charge is 0.264 e. The van der Waals surface area contributed by atoms with Crippen LogP contribution in [0, 0.1) is 0 Å². The lowest BCUT2D eigenvalue weighted by Gasteiger charge is -2.21. The molecule has 0 aromatic heterocycles. The van der Waals surface area contributed by atoms with Crippen LogP contribution in [-0.2, 0) is 0 Å². The molecule has 0 saturated carbocycles. The summed E-state index contributed by atoms with van der Waals surface area (Å²) in [4.78, 5) is 4.83. The second kappa shape index (κ2) is 14.0. The van der Waals surface area contributed by atoms with E-state index in [9.17, 15) is 0 Å². The third-order valence-corrected chi connectivity index (χ3v) is 12.0. The molecule has 0 spiro atoms. The predicted octanol–water partition coefficient (Wildman–Crippen LogP) is 7.29. The molecule has 6 rings (SSSR count). The zero-order valence-corrected chi connectivity index (χ0v) is 25.0. The highest BCUT2D eigenvalue weighted by molar-refractivity contribution is 7.80. The number of aliphatic imine (C=N–C) groups is 1. The maximum absolute atomic E-state index is 4.83. The van der Waals surface area contributed by atoms with Crippen molar-refractivity contribution in [2.75, 3.05) is 0 Å². The molecule has 0 aliphatic carbocycles. The SMILES string of the molecule is C(=N/C=C\c1ccccc1P(c1ccccc1)c1ccccc1)c1ccccc1P(c1ccccc1)c1ccccc1. The first-order valence-corrected chi connectivity index (χ1v) is 16.7. The molecule has 0 atom stereocenters. The molecule has 6 aromatic rings. The van der Waals surface area contributed by atoms with E-state index in [1.54, 1.807) is 0 Å². The van der Waals surface area contributed by atoms with E-state index >= 15 is 0 Å². The van der Waals surface area contributed by atoms with E-state index in [4.69, 9.17) is 4.99 Å². The maximum atomic E-state index is 4.83. The number of benzene rings is 6. The molecule has 0 saturated heterocycles. The molecule has 0 fully saturated rings. The Bertz CT molecular complexity index is 1550. The lowest BCUT2D eigenvalue weighted by molar-refractivity contribution is 1.59. The number of nitrogens with zero attached hydrogens (tertiary/aromatic N) is 1. The quantitative estimate of drug-likeness (QED) is 0.127. The maximum Gasteiger partial charge on any atom is 0.0346 e. The van der Waals surface area contributed by atoms with E-state index < -0.39 is 15.8 Å². The van der Waals surface area contributed by atoms with Crippen LogP contribution in [0.2, 0.25) is 0 Å². The fraction of sp³-hybridized carbons (Fsp3) is 0. The third kappa shape index (κ3) is 6.56. The van der Waals surface area contributed by atoms with Crippen LogP contribution >= 0.6 is 15.8 Å². The highest BCUT2D eigenvalue weighted by Gasteiger charge is 2.19. The van der Waals surface area contributed by atoms with Gasteiger partial charge in [-0.1, -0.05) is 170 Å². The van der Waals surface area contributed by atoms with Crippen molar-refractivity contribution >= 4 is 60.0 Å². The molecule has 3 heteroatoms. The normalized spacial score (nSPS) is 11.6. The molecule has 0 amide bonds. The minimum Gasteiger partial charge on any atom is -0.264 e. The standard InChI is InChI=1S/C39H31NP2/c1-5-19-34(20-6-1)41(35-21-7-2-8-22-35)38-27-15-13-17-32(38)29-30-40-31-33-18-14-16-28-39(33)42(36-23-9-3-10-24-36)37-25-11-4-12-26-37/h1-31H/b30-29-,40-31?. The van der Waals surface area contributed by atoms with Crippen molar-refractivity contribution in [3.63, 3.8) is 0 Å². The first-order valence-electron chi connectivity index (χ1n) is 14.1. The van der Waals surface area contributed by atoms with Crippen molar-refractivity contribution in [1.29, 1.82) is 0 Å². The van der Waals surface area contributed by atoms with Gasteiger partial charge in [0.2, 0.25) is 0 Å². The van der Waals surface area contributed by atoms with Gasteiger partial charge >= 0.3 is 0 Å². The highest BCUT2D eigenvalue weighted by Crippen LogP contribution is 2.35. The fourth-order valence-electron chi connectivity index (χ4n) is 5.04. The van der Waals surface area contributed by atoms with Gasteiger partial charge in [0.15, 0.2) is 0 Å². The zero-order chi connectivity index (χ0) is 28.4. The Balaban J connectivity index is 1.33. The van der Waals surface area contributed by atoms with Crippen LogP contribution in [0.4, 0.5) is 0 Å². The Kier molecular flexibility index (Phi) is 9.23. The second-order valence-corrected chi connectivity index (χ2v) is 14.1. The van der Waals surface area contributed by atoms with Crippen LogP contribution in [0.5, 0.6) is 0 Å². The van der Waals surface area contributed by atoms with Crippen LogP contribution in [0.25, 0.3) is 6.08 Å². The van der Waals surface area contributed by atoms with Crippen LogP contribution in [-0.4, -0.2) is 6.21 Å². The topological polar surface area (TPSA) is 12.4 Å². The molecule has 0 aliphatic rings. The fourth-order valence-corrected chi connectivity index (χ4v) is 9.90. The van der Waals surface area contributed by atoms with Gasteiger partial charge in [0.1, 0.15) is 0 Å². The van der Waals surface area contributed by atoms with E-state index in [0.717, 1.165) is 5.56 Å². The van der Waals surface area contributed by atoms with Gasteiger partial charge in [-0.25, -0.2) is 0 Å². The number of hydrogen-bond acceptors (Lipinski definition) is 1. The summed E-state index contributed by atoms with van der Waals surface area (Å²) in [6.07, 6.45) is 6.09. The Hall–Kier alpha value is -4.41. The monoisotopic (exact) mass is 575 g/mol. The van der Waals surface area contributed by atoms with Gasteiger partial charge in [0.05, 0.1) is 0 Å². The molecule has 0 aliphatic heterocycles. The van der Waals surface area contributed by atoms with E-state index in [-0.39, 0.29) is 0 Å². The van der Waals surface area contributed by atoms with Crippen LogP contribution in [0.3, 0.4) is 0 Å². The summed E-state index contributed by atoms with van der Waals surface area (Å²) in [5, 5.41) is 7.98. The van der Waals surface area contributed by atoms with Crippen molar-refractivity contribution in [3.05, 3.63) is 187 Å². The van der Waals surface area contributed by atoms with E-state index in [1.165, 1.54) is 37.4 Å². The summed E-state index contributed by atoms with van der Waals surface area (Å²) in [5.41, 5.74) is 2.34. The first kappa shape index (κ1) is 27.7. The summed E-state index contributed by atoms with van der Waals surface area (Å²) < 4.78 is 0. The average molecular weight is 576 g/mol. The van der Waals surface area contributed by atoms with Crippen molar-refractivity contribution in [2.45, 2.75) is 0 Å². The summed E-state index contributed by atoms with van der Waals surface area (Å²) in [7, 11) is -1.41. The van der Waals surface area contributed by atoms with Crippen molar-refractivity contribution in [2.24, 2.45) is 4.99 Å². The summed E-state index contributed by atoms with van der Waals surface area (Å²) in [5.74, 6) is 0. The van der Waals surface area contributed by atoms with Gasteiger partial charge < -0.3 is 0 Å². The summed E-state index contributed by atoms with van der Waals surface area (Å²) >= 11 is 0. The van der Waals surface area contributed by atoms with Crippen LogP contribution in [0.1, 0.15) is 11.1 Å². The highest BCUT2D eigenvalue weighted by atomic mass is 31.1. The Morgan fingerprint density at radius 2 is 0.690 bits per heavy atom. The lowest BCUT2D eigenvalue weighted by atomic mass is 10.2. The zero-order valence-electron chi connectivity index (χ0n) is 23.2. The molecule has 0 unspecified atom stereocenters. The third-order valence-electron chi connectivity index (χ3n) is 6.97. The second-order valence-electron chi connectivity index (χ2n) is 9.72. The Morgan fingerprint density at radius 3 is 1.12 bits per heavy atom. The Labute approximate surface area is 251 Å². The molecule has 0 bridgehead atoms. The number of hydrogen-bond donors (Lipinski definition) is 0. The van der Waals surface area contributed by atoms with Crippen LogP contribution < -0.4 is 31.8 Å².